The second-order valence-corrected chi connectivity index (χ2v) is 9.75. The van der Waals surface area contributed by atoms with E-state index < -0.39 is 12.0 Å². The third-order valence-electron chi connectivity index (χ3n) is 7.01. The maximum atomic E-state index is 14.0. The number of rotatable bonds is 6. The Hall–Kier alpha value is -3.52. The molecule has 0 radical (unpaired) electrons. The van der Waals surface area contributed by atoms with Crippen LogP contribution in [0.1, 0.15) is 44.6 Å². The van der Waals surface area contributed by atoms with E-state index >= 15 is 0 Å². The Morgan fingerprint density at radius 1 is 0.972 bits per heavy atom. The average Bonchev–Trinajstić information content (AvgIpc) is 2.91. The molecule has 0 fully saturated rings. The Morgan fingerprint density at radius 3 is 2.44 bits per heavy atom. The van der Waals surface area contributed by atoms with Crippen molar-refractivity contribution in [2.75, 3.05) is 27.9 Å². The third-order valence-corrected chi connectivity index (χ3v) is 7.50. The van der Waals surface area contributed by atoms with Gasteiger partial charge in [-0.25, -0.2) is 0 Å². The molecule has 186 valence electrons. The normalized spacial score (nSPS) is 18.0. The molecule has 0 spiro atoms. The summed E-state index contributed by atoms with van der Waals surface area (Å²) in [5.41, 5.74) is 4.10. The van der Waals surface area contributed by atoms with Crippen molar-refractivity contribution >= 4 is 27.7 Å². The monoisotopic (exact) mass is 550 g/mol. The van der Waals surface area contributed by atoms with Crippen molar-refractivity contribution in [1.82, 2.24) is 10.2 Å². The SMILES string of the molecule is COc1ccc(Br)cc1CNC(=O)C1c2cc(OC)c(OC)cc2C(=O)N2CCc3ccccc3C12. The molecule has 0 bridgehead atoms. The number of amides is 2. The molecule has 0 saturated heterocycles. The van der Waals surface area contributed by atoms with Gasteiger partial charge in [-0.2, -0.15) is 0 Å². The van der Waals surface area contributed by atoms with E-state index in [4.69, 9.17) is 14.2 Å². The summed E-state index contributed by atoms with van der Waals surface area (Å²) in [6.45, 7) is 0.820. The van der Waals surface area contributed by atoms with E-state index in [9.17, 15) is 9.59 Å². The van der Waals surface area contributed by atoms with Crippen molar-refractivity contribution in [3.05, 3.63) is 86.9 Å². The fourth-order valence-electron chi connectivity index (χ4n) is 5.31. The van der Waals surface area contributed by atoms with E-state index in [1.165, 1.54) is 7.11 Å². The van der Waals surface area contributed by atoms with Crippen LogP contribution >= 0.6 is 15.9 Å². The Morgan fingerprint density at radius 2 is 1.69 bits per heavy atom. The van der Waals surface area contributed by atoms with Gasteiger partial charge >= 0.3 is 0 Å². The number of ether oxygens (including phenoxy) is 3. The van der Waals surface area contributed by atoms with E-state index in [0.29, 0.717) is 34.9 Å². The van der Waals surface area contributed by atoms with E-state index in [1.807, 2.05) is 41.3 Å². The molecular formula is C28H27BrN2O5. The van der Waals surface area contributed by atoms with Gasteiger partial charge in [0.05, 0.1) is 33.3 Å². The number of methoxy groups -OCH3 is 3. The highest BCUT2D eigenvalue weighted by atomic mass is 79.9. The second kappa shape index (κ2) is 9.85. The quantitative estimate of drug-likeness (QED) is 0.484. The minimum Gasteiger partial charge on any atom is -0.496 e. The van der Waals surface area contributed by atoms with Crippen LogP contribution in [0.25, 0.3) is 0 Å². The lowest BCUT2D eigenvalue weighted by atomic mass is 9.75. The van der Waals surface area contributed by atoms with Crippen LogP contribution in [0.3, 0.4) is 0 Å². The summed E-state index contributed by atoms with van der Waals surface area (Å²) in [6, 6.07) is 16.7. The largest absolute Gasteiger partial charge is 0.496 e. The van der Waals surface area contributed by atoms with Gasteiger partial charge < -0.3 is 24.4 Å². The molecule has 2 aliphatic rings. The number of nitrogens with one attached hydrogen (secondary N) is 1. The fourth-order valence-corrected chi connectivity index (χ4v) is 5.72. The van der Waals surface area contributed by atoms with Gasteiger partial charge in [0, 0.05) is 28.7 Å². The molecule has 2 atom stereocenters. The number of fused-ring (bicyclic) bond motifs is 4. The minimum atomic E-state index is -0.628. The lowest BCUT2D eigenvalue weighted by molar-refractivity contribution is -0.124. The number of hydrogen-bond acceptors (Lipinski definition) is 5. The maximum Gasteiger partial charge on any atom is 0.254 e. The molecule has 0 aromatic heterocycles. The first kappa shape index (κ1) is 24.2. The zero-order valence-electron chi connectivity index (χ0n) is 20.3. The highest BCUT2D eigenvalue weighted by Gasteiger charge is 2.46. The van der Waals surface area contributed by atoms with Gasteiger partial charge in [-0.3, -0.25) is 9.59 Å². The molecule has 1 N–H and O–H groups in total. The van der Waals surface area contributed by atoms with Crippen molar-refractivity contribution in [1.29, 1.82) is 0 Å². The van der Waals surface area contributed by atoms with Crippen molar-refractivity contribution in [3.8, 4) is 17.2 Å². The van der Waals surface area contributed by atoms with Crippen LogP contribution in [-0.2, 0) is 17.8 Å². The molecule has 0 saturated carbocycles. The summed E-state index contributed by atoms with van der Waals surface area (Å²) >= 11 is 3.49. The van der Waals surface area contributed by atoms with E-state index in [2.05, 4.69) is 27.3 Å². The molecule has 3 aromatic carbocycles. The number of halogens is 1. The van der Waals surface area contributed by atoms with Crippen molar-refractivity contribution < 1.29 is 23.8 Å². The number of carbonyl (C=O) groups excluding carboxylic acids is 2. The fraction of sp³-hybridized carbons (Fsp3) is 0.286. The topological polar surface area (TPSA) is 77.1 Å². The van der Waals surface area contributed by atoms with E-state index in [0.717, 1.165) is 27.6 Å². The summed E-state index contributed by atoms with van der Waals surface area (Å²) in [5.74, 6) is 0.713. The number of hydrogen-bond donors (Lipinski definition) is 1. The van der Waals surface area contributed by atoms with Gasteiger partial charge in [0.15, 0.2) is 11.5 Å². The first-order chi connectivity index (χ1) is 17.5. The van der Waals surface area contributed by atoms with Crippen LogP contribution in [0.15, 0.2) is 59.1 Å². The van der Waals surface area contributed by atoms with Crippen LogP contribution in [0.5, 0.6) is 17.2 Å². The minimum absolute atomic E-state index is 0.108. The summed E-state index contributed by atoms with van der Waals surface area (Å²) in [4.78, 5) is 29.5. The van der Waals surface area contributed by atoms with Crippen LogP contribution < -0.4 is 19.5 Å². The molecule has 2 heterocycles. The van der Waals surface area contributed by atoms with Gasteiger partial charge in [-0.15, -0.1) is 0 Å². The molecular weight excluding hydrogens is 524 g/mol. The Bertz CT molecular complexity index is 1340. The molecule has 8 heteroatoms. The predicted octanol–water partition coefficient (Wildman–Crippen LogP) is 4.63. The molecule has 7 nitrogen and oxygen atoms in total. The molecule has 2 amide bonds. The van der Waals surface area contributed by atoms with Crippen LogP contribution in [0.4, 0.5) is 0 Å². The second-order valence-electron chi connectivity index (χ2n) is 8.84. The molecule has 5 rings (SSSR count). The lowest BCUT2D eigenvalue weighted by Crippen LogP contribution is -2.50. The highest BCUT2D eigenvalue weighted by Crippen LogP contribution is 2.48. The van der Waals surface area contributed by atoms with Crippen LogP contribution in [0.2, 0.25) is 0 Å². The van der Waals surface area contributed by atoms with Gasteiger partial charge in [0.25, 0.3) is 5.91 Å². The predicted molar refractivity (Wildman–Crippen MR) is 139 cm³/mol. The molecule has 3 aromatic rings. The molecule has 0 aliphatic carbocycles. The molecule has 36 heavy (non-hydrogen) atoms. The van der Waals surface area contributed by atoms with E-state index in [-0.39, 0.29) is 18.4 Å². The lowest BCUT2D eigenvalue weighted by Gasteiger charge is -2.45. The summed E-state index contributed by atoms with van der Waals surface area (Å²) in [7, 11) is 4.69. The van der Waals surface area contributed by atoms with Crippen LogP contribution in [-0.4, -0.2) is 44.6 Å². The molecule has 2 aliphatic heterocycles. The summed E-state index contributed by atoms with van der Waals surface area (Å²) in [5, 5.41) is 3.11. The zero-order valence-corrected chi connectivity index (χ0v) is 21.9. The van der Waals surface area contributed by atoms with Crippen molar-refractivity contribution in [2.24, 2.45) is 0 Å². The molecule has 2 unspecified atom stereocenters. The maximum absolute atomic E-state index is 14.0. The number of carbonyl (C=O) groups is 2. The van der Waals surface area contributed by atoms with Gasteiger partial charge in [-0.05, 0) is 53.4 Å². The summed E-state index contributed by atoms with van der Waals surface area (Å²) in [6.07, 6.45) is 0.741. The van der Waals surface area contributed by atoms with E-state index in [1.54, 1.807) is 26.4 Å². The smallest absolute Gasteiger partial charge is 0.254 e. The Kier molecular flexibility index (Phi) is 6.62. The zero-order chi connectivity index (χ0) is 25.4. The average molecular weight is 551 g/mol. The Labute approximate surface area is 218 Å². The third kappa shape index (κ3) is 4.09. The van der Waals surface area contributed by atoms with Gasteiger partial charge in [0.1, 0.15) is 5.75 Å². The number of nitrogens with zero attached hydrogens (tertiary/aromatic N) is 1. The first-order valence-electron chi connectivity index (χ1n) is 11.7. The van der Waals surface area contributed by atoms with Crippen molar-refractivity contribution in [3.63, 3.8) is 0 Å². The van der Waals surface area contributed by atoms with Crippen molar-refractivity contribution in [2.45, 2.75) is 24.9 Å². The van der Waals surface area contributed by atoms with Crippen LogP contribution in [0, 0.1) is 0 Å². The summed E-state index contributed by atoms with van der Waals surface area (Å²) < 4.78 is 17.4. The van der Waals surface area contributed by atoms with Gasteiger partial charge in [-0.1, -0.05) is 40.2 Å². The van der Waals surface area contributed by atoms with Gasteiger partial charge in [0.2, 0.25) is 5.91 Å². The highest BCUT2D eigenvalue weighted by molar-refractivity contribution is 9.10. The first-order valence-corrected chi connectivity index (χ1v) is 12.5. The standard InChI is InChI=1S/C28H27BrN2O5/c1-34-22-9-8-18(29)12-17(22)15-30-27(32)25-20-13-23(35-2)24(36-3)14-21(20)28(33)31-11-10-16-6-4-5-7-19(16)26(25)31/h4-9,12-14,25-26H,10-11,15H2,1-3H3,(H,30,32). The Balaban J connectivity index is 1.60. The number of benzene rings is 3.